The second-order valence-corrected chi connectivity index (χ2v) is 6.30. The highest BCUT2D eigenvalue weighted by Crippen LogP contribution is 2.39. The van der Waals surface area contributed by atoms with Crippen LogP contribution in [-0.2, 0) is 11.3 Å². The first-order valence-corrected chi connectivity index (χ1v) is 7.40. The molecule has 0 spiro atoms. The van der Waals surface area contributed by atoms with E-state index in [1.54, 1.807) is 6.20 Å². The van der Waals surface area contributed by atoms with Crippen LogP contribution >= 0.6 is 0 Å². The minimum Gasteiger partial charge on any atom is -0.335 e. The predicted octanol–water partition coefficient (Wildman–Crippen LogP) is 2.34. The average Bonchev–Trinajstić information content (AvgIpc) is 2.77. The van der Waals surface area contributed by atoms with Gasteiger partial charge in [0.25, 0.3) is 0 Å². The molecule has 0 radical (unpaired) electrons. The third-order valence-electron chi connectivity index (χ3n) is 4.48. The van der Waals surface area contributed by atoms with Crippen molar-refractivity contribution < 1.29 is 4.79 Å². The van der Waals surface area contributed by atoms with Crippen LogP contribution in [0.1, 0.15) is 45.6 Å². The molecule has 1 amide bonds. The largest absolute Gasteiger partial charge is 0.335 e. The highest BCUT2D eigenvalue weighted by atomic mass is 16.2. The van der Waals surface area contributed by atoms with E-state index in [9.17, 15) is 4.79 Å². The Balaban J connectivity index is 2.19. The Hall–Kier alpha value is -1.42. The van der Waals surface area contributed by atoms with Crippen molar-refractivity contribution >= 4 is 5.91 Å². The Kier molecular flexibility index (Phi) is 4.43. The number of nitrogens with two attached hydrogens (primary N) is 1. The molecule has 1 aliphatic rings. The van der Waals surface area contributed by atoms with Crippen molar-refractivity contribution in [2.75, 3.05) is 0 Å². The molecule has 2 rings (SSSR count). The van der Waals surface area contributed by atoms with Crippen molar-refractivity contribution in [3.8, 4) is 0 Å². The molecule has 1 heterocycles. The summed E-state index contributed by atoms with van der Waals surface area (Å²) in [4.78, 5) is 19.0. The van der Waals surface area contributed by atoms with Crippen LogP contribution in [0.2, 0.25) is 0 Å². The van der Waals surface area contributed by atoms with Gasteiger partial charge >= 0.3 is 0 Å². The number of amides is 1. The Bertz CT molecular complexity index is 460. The van der Waals surface area contributed by atoms with Gasteiger partial charge in [-0.15, -0.1) is 0 Å². The lowest BCUT2D eigenvalue weighted by molar-refractivity contribution is -0.144. The molecule has 1 aromatic rings. The minimum absolute atomic E-state index is 0.0230. The van der Waals surface area contributed by atoms with Crippen molar-refractivity contribution in [3.05, 3.63) is 30.1 Å². The van der Waals surface area contributed by atoms with Crippen LogP contribution in [0.3, 0.4) is 0 Å². The van der Waals surface area contributed by atoms with Crippen LogP contribution in [-0.4, -0.2) is 27.9 Å². The molecule has 0 bridgehead atoms. The highest BCUT2D eigenvalue weighted by molar-refractivity contribution is 5.83. The van der Waals surface area contributed by atoms with E-state index in [-0.39, 0.29) is 18.0 Å². The Morgan fingerprint density at radius 2 is 2.35 bits per heavy atom. The summed E-state index contributed by atoms with van der Waals surface area (Å²) in [7, 11) is 0. The molecule has 4 heteroatoms. The van der Waals surface area contributed by atoms with Gasteiger partial charge in [0.05, 0.1) is 5.41 Å². The smallest absolute Gasteiger partial charge is 0.230 e. The zero-order valence-electron chi connectivity index (χ0n) is 12.7. The molecule has 110 valence electrons. The van der Waals surface area contributed by atoms with Gasteiger partial charge < -0.3 is 10.6 Å². The van der Waals surface area contributed by atoms with E-state index in [1.807, 2.05) is 30.2 Å². The van der Waals surface area contributed by atoms with Gasteiger partial charge in [0.1, 0.15) is 0 Å². The molecule has 0 aromatic carbocycles. The van der Waals surface area contributed by atoms with E-state index < -0.39 is 5.41 Å². The number of hydrogen-bond donors (Lipinski definition) is 1. The molecule has 1 aliphatic carbocycles. The number of carbonyl (C=O) groups excluding carboxylic acids is 1. The van der Waals surface area contributed by atoms with Gasteiger partial charge in [0.15, 0.2) is 0 Å². The Morgan fingerprint density at radius 3 is 2.85 bits per heavy atom. The van der Waals surface area contributed by atoms with Crippen molar-refractivity contribution in [2.24, 2.45) is 11.1 Å². The molecule has 0 saturated heterocycles. The molecule has 1 aromatic heterocycles. The number of carbonyl (C=O) groups is 1. The summed E-state index contributed by atoms with van der Waals surface area (Å²) in [6.07, 6.45) is 6.45. The molecule has 0 aliphatic heterocycles. The number of nitrogens with zero attached hydrogens (tertiary/aromatic N) is 2. The summed E-state index contributed by atoms with van der Waals surface area (Å²) < 4.78 is 0. The monoisotopic (exact) mass is 275 g/mol. The summed E-state index contributed by atoms with van der Waals surface area (Å²) >= 11 is 0. The Labute approximate surface area is 121 Å². The second-order valence-electron chi connectivity index (χ2n) is 6.30. The first-order chi connectivity index (χ1) is 9.45. The normalized spacial score (nSPS) is 25.9. The molecule has 2 atom stereocenters. The van der Waals surface area contributed by atoms with Gasteiger partial charge in [0.2, 0.25) is 5.91 Å². The third kappa shape index (κ3) is 2.85. The summed E-state index contributed by atoms with van der Waals surface area (Å²) in [5, 5.41) is 0. The van der Waals surface area contributed by atoms with Gasteiger partial charge in [-0.1, -0.05) is 12.5 Å². The van der Waals surface area contributed by atoms with E-state index in [2.05, 4.69) is 18.8 Å². The fourth-order valence-electron chi connectivity index (χ4n) is 2.96. The zero-order valence-corrected chi connectivity index (χ0v) is 12.7. The molecule has 20 heavy (non-hydrogen) atoms. The van der Waals surface area contributed by atoms with E-state index in [0.717, 1.165) is 24.8 Å². The number of rotatable bonds is 4. The van der Waals surface area contributed by atoms with Crippen molar-refractivity contribution in [3.63, 3.8) is 0 Å². The predicted molar refractivity (Wildman–Crippen MR) is 79.9 cm³/mol. The summed E-state index contributed by atoms with van der Waals surface area (Å²) in [6, 6.07) is 4.05. The first-order valence-electron chi connectivity index (χ1n) is 7.40. The van der Waals surface area contributed by atoms with Crippen LogP contribution < -0.4 is 5.73 Å². The molecule has 1 saturated carbocycles. The highest BCUT2D eigenvalue weighted by Gasteiger charge is 2.45. The number of hydrogen-bond acceptors (Lipinski definition) is 3. The van der Waals surface area contributed by atoms with Crippen LogP contribution in [0.5, 0.6) is 0 Å². The molecule has 4 nitrogen and oxygen atoms in total. The number of pyridine rings is 1. The molecule has 1 fully saturated rings. The Morgan fingerprint density at radius 1 is 1.60 bits per heavy atom. The lowest BCUT2D eigenvalue weighted by Gasteiger charge is -2.37. The van der Waals surface area contributed by atoms with Crippen molar-refractivity contribution in [1.82, 2.24) is 9.88 Å². The SMILES string of the molecule is CC(C)N(Cc1cccnc1)C(=O)C1(C)CCCC1N. The van der Waals surface area contributed by atoms with Gasteiger partial charge in [-0.05, 0) is 45.2 Å². The molecular weight excluding hydrogens is 250 g/mol. The summed E-state index contributed by atoms with van der Waals surface area (Å²) in [5.74, 6) is 0.182. The van der Waals surface area contributed by atoms with E-state index in [0.29, 0.717) is 6.54 Å². The minimum atomic E-state index is -0.410. The standard InChI is InChI=1S/C16H25N3O/c1-12(2)19(11-13-6-5-9-18-10-13)15(20)16(3)8-4-7-14(16)17/h5-6,9-10,12,14H,4,7-8,11,17H2,1-3H3. The van der Waals surface area contributed by atoms with Crippen LogP contribution in [0.25, 0.3) is 0 Å². The fourth-order valence-corrected chi connectivity index (χ4v) is 2.96. The second kappa shape index (κ2) is 5.92. The average molecular weight is 275 g/mol. The van der Waals surface area contributed by atoms with Gasteiger partial charge in [-0.25, -0.2) is 0 Å². The molecular formula is C16H25N3O. The van der Waals surface area contributed by atoms with E-state index in [1.165, 1.54) is 0 Å². The van der Waals surface area contributed by atoms with Crippen LogP contribution in [0, 0.1) is 5.41 Å². The fraction of sp³-hybridized carbons (Fsp3) is 0.625. The van der Waals surface area contributed by atoms with E-state index >= 15 is 0 Å². The van der Waals surface area contributed by atoms with Crippen molar-refractivity contribution in [2.45, 2.75) is 58.7 Å². The van der Waals surface area contributed by atoms with E-state index in [4.69, 9.17) is 5.73 Å². The van der Waals surface area contributed by atoms with Crippen molar-refractivity contribution in [1.29, 1.82) is 0 Å². The first kappa shape index (κ1) is 15.0. The maximum Gasteiger partial charge on any atom is 0.230 e. The maximum absolute atomic E-state index is 12.9. The molecule has 2 N–H and O–H groups in total. The lowest BCUT2D eigenvalue weighted by Crippen LogP contribution is -2.51. The third-order valence-corrected chi connectivity index (χ3v) is 4.48. The zero-order chi connectivity index (χ0) is 14.8. The summed E-state index contributed by atoms with van der Waals surface area (Å²) in [6.45, 7) is 6.73. The van der Waals surface area contributed by atoms with Gasteiger partial charge in [-0.2, -0.15) is 0 Å². The van der Waals surface area contributed by atoms with Crippen LogP contribution in [0.15, 0.2) is 24.5 Å². The topological polar surface area (TPSA) is 59.2 Å². The maximum atomic E-state index is 12.9. The van der Waals surface area contributed by atoms with Gasteiger partial charge in [-0.3, -0.25) is 9.78 Å². The lowest BCUT2D eigenvalue weighted by atomic mass is 9.83. The quantitative estimate of drug-likeness (QED) is 0.917. The number of aromatic nitrogens is 1. The molecule has 2 unspecified atom stereocenters. The van der Waals surface area contributed by atoms with Crippen LogP contribution in [0.4, 0.5) is 0 Å². The van der Waals surface area contributed by atoms with Gasteiger partial charge in [0, 0.05) is 31.0 Å². The summed E-state index contributed by atoms with van der Waals surface area (Å²) in [5.41, 5.74) is 6.84.